The van der Waals surface area contributed by atoms with Gasteiger partial charge in [0.05, 0.1) is 0 Å². The Morgan fingerprint density at radius 1 is 1.20 bits per heavy atom. The normalized spacial score (nSPS) is 28.5. The molecule has 1 N–H and O–H groups in total. The molecule has 1 aliphatic carbocycles. The predicted molar refractivity (Wildman–Crippen MR) is 101 cm³/mol. The van der Waals surface area contributed by atoms with E-state index in [0.29, 0.717) is 22.7 Å². The molecule has 1 aromatic carbocycles. The second-order valence-corrected chi connectivity index (χ2v) is 9.48. The number of nitrogens with one attached hydrogen (secondary N) is 1. The van der Waals surface area contributed by atoms with Crippen molar-refractivity contribution < 1.29 is 9.59 Å². The van der Waals surface area contributed by atoms with E-state index in [4.69, 9.17) is 11.6 Å². The van der Waals surface area contributed by atoms with Gasteiger partial charge in [-0.15, -0.1) is 11.6 Å². The molecule has 3 atom stereocenters. The summed E-state index contributed by atoms with van der Waals surface area (Å²) in [7, 11) is 0. The Balaban J connectivity index is 1.73. The van der Waals surface area contributed by atoms with Gasteiger partial charge in [-0.25, -0.2) is 0 Å². The summed E-state index contributed by atoms with van der Waals surface area (Å²) in [5.41, 5.74) is 1.85. The van der Waals surface area contributed by atoms with Crippen LogP contribution in [0.2, 0.25) is 0 Å². The highest BCUT2D eigenvalue weighted by Gasteiger charge is 2.50. The zero-order valence-electron chi connectivity index (χ0n) is 15.4. The first-order chi connectivity index (χ1) is 11.6. The van der Waals surface area contributed by atoms with E-state index >= 15 is 0 Å². The third kappa shape index (κ3) is 3.84. The quantitative estimate of drug-likeness (QED) is 0.815. The Kier molecular flexibility index (Phi) is 4.61. The number of amides is 2. The van der Waals surface area contributed by atoms with E-state index in [-0.39, 0.29) is 17.2 Å². The second-order valence-electron chi connectivity index (χ2n) is 8.83. The van der Waals surface area contributed by atoms with E-state index in [0.717, 1.165) is 19.4 Å². The molecule has 1 saturated heterocycles. The fraction of sp³-hybridized carbons (Fsp3) is 0.600. The van der Waals surface area contributed by atoms with Crippen molar-refractivity contribution >= 4 is 29.1 Å². The number of nitrogens with zero attached hydrogens (tertiary/aromatic N) is 1. The van der Waals surface area contributed by atoms with Crippen LogP contribution in [-0.4, -0.2) is 34.7 Å². The van der Waals surface area contributed by atoms with E-state index in [1.807, 2.05) is 0 Å². The first-order valence-electron chi connectivity index (χ1n) is 8.95. The maximum absolute atomic E-state index is 13.0. The van der Waals surface area contributed by atoms with Crippen LogP contribution in [0.15, 0.2) is 24.3 Å². The van der Waals surface area contributed by atoms with Crippen molar-refractivity contribution in [2.75, 3.05) is 11.9 Å². The van der Waals surface area contributed by atoms with E-state index in [1.165, 1.54) is 6.42 Å². The number of hydrogen-bond donors (Lipinski definition) is 1. The molecule has 3 rings (SSSR count). The van der Waals surface area contributed by atoms with Gasteiger partial charge >= 0.3 is 0 Å². The topological polar surface area (TPSA) is 49.4 Å². The molecule has 0 aromatic heterocycles. The molecule has 1 heterocycles. The van der Waals surface area contributed by atoms with Crippen LogP contribution in [0.4, 0.5) is 5.69 Å². The van der Waals surface area contributed by atoms with Crippen molar-refractivity contribution in [3.63, 3.8) is 0 Å². The van der Waals surface area contributed by atoms with Crippen molar-refractivity contribution in [2.45, 2.75) is 58.4 Å². The molecule has 2 amide bonds. The number of alkyl halides is 1. The van der Waals surface area contributed by atoms with Crippen molar-refractivity contribution in [1.29, 1.82) is 0 Å². The zero-order chi connectivity index (χ0) is 18.4. The average Bonchev–Trinajstić information content (AvgIpc) is 2.76. The van der Waals surface area contributed by atoms with E-state index in [2.05, 4.69) is 31.0 Å². The molecule has 4 nitrogen and oxygen atoms in total. The van der Waals surface area contributed by atoms with Gasteiger partial charge in [-0.3, -0.25) is 9.59 Å². The summed E-state index contributed by atoms with van der Waals surface area (Å²) in [6, 6.07) is 7.42. The summed E-state index contributed by atoms with van der Waals surface area (Å²) < 4.78 is 0. The third-order valence-corrected chi connectivity index (χ3v) is 5.63. The molecule has 136 valence electrons. The third-order valence-electron chi connectivity index (χ3n) is 5.44. The number of rotatable bonds is 3. The number of anilines is 1. The Bertz CT molecular complexity index is 683. The van der Waals surface area contributed by atoms with Gasteiger partial charge < -0.3 is 10.2 Å². The van der Waals surface area contributed by atoms with Crippen molar-refractivity contribution in [3.05, 3.63) is 29.8 Å². The zero-order valence-corrected chi connectivity index (χ0v) is 16.2. The van der Waals surface area contributed by atoms with Crippen LogP contribution in [0.3, 0.4) is 0 Å². The second kappa shape index (κ2) is 6.31. The SMILES string of the molecule is CC(Cl)C(=O)Nc1ccc(C(=O)N2CC3(C)CC2CC(C)(C)C3)cc1. The summed E-state index contributed by atoms with van der Waals surface area (Å²) in [6.07, 6.45) is 3.34. The minimum atomic E-state index is -0.589. The van der Waals surface area contributed by atoms with Crippen molar-refractivity contribution in [3.8, 4) is 0 Å². The summed E-state index contributed by atoms with van der Waals surface area (Å²) in [6.45, 7) is 9.38. The molecule has 1 aromatic rings. The molecular formula is C20H27ClN2O2. The maximum Gasteiger partial charge on any atom is 0.254 e. The lowest BCUT2D eigenvalue weighted by molar-refractivity contribution is -0.115. The molecule has 2 bridgehead atoms. The van der Waals surface area contributed by atoms with Crippen LogP contribution in [-0.2, 0) is 4.79 Å². The molecular weight excluding hydrogens is 336 g/mol. The highest BCUT2D eigenvalue weighted by molar-refractivity contribution is 6.32. The van der Waals surface area contributed by atoms with Gasteiger partial charge in [0.15, 0.2) is 0 Å². The van der Waals surface area contributed by atoms with Gasteiger partial charge in [0.2, 0.25) is 5.91 Å². The van der Waals surface area contributed by atoms with Gasteiger partial charge in [-0.1, -0.05) is 20.8 Å². The largest absolute Gasteiger partial charge is 0.335 e. The number of benzene rings is 1. The number of likely N-dealkylation sites (tertiary alicyclic amines) is 1. The van der Waals surface area contributed by atoms with E-state index < -0.39 is 5.38 Å². The lowest BCUT2D eigenvalue weighted by Crippen LogP contribution is -2.37. The molecule has 2 aliphatic rings. The number of halogens is 1. The highest BCUT2D eigenvalue weighted by Crippen LogP contribution is 2.52. The number of hydrogen-bond acceptors (Lipinski definition) is 2. The fourth-order valence-electron chi connectivity index (χ4n) is 4.80. The van der Waals surface area contributed by atoms with Crippen LogP contribution in [0, 0.1) is 10.8 Å². The van der Waals surface area contributed by atoms with Crippen molar-refractivity contribution in [2.24, 2.45) is 10.8 Å². The summed E-state index contributed by atoms with van der Waals surface area (Å²) in [4.78, 5) is 26.7. The summed E-state index contributed by atoms with van der Waals surface area (Å²) >= 11 is 5.76. The standard InChI is InChI=1S/C20H27ClN2O2/c1-13(21)17(24)22-15-7-5-14(6-8-15)18(25)23-12-20(4)10-16(23)9-19(2,3)11-20/h5-8,13,16H,9-12H2,1-4H3,(H,22,24). The minimum absolute atomic E-state index is 0.0926. The minimum Gasteiger partial charge on any atom is -0.335 e. The average molecular weight is 363 g/mol. The molecule has 0 spiro atoms. The van der Waals surface area contributed by atoms with Gasteiger partial charge in [0.1, 0.15) is 5.38 Å². The fourth-order valence-corrected chi connectivity index (χ4v) is 4.86. The number of fused-ring (bicyclic) bond motifs is 2. The molecule has 3 unspecified atom stereocenters. The predicted octanol–water partition coefficient (Wildman–Crippen LogP) is 4.29. The first-order valence-corrected chi connectivity index (χ1v) is 9.38. The molecule has 2 fully saturated rings. The van der Waals surface area contributed by atoms with Gasteiger partial charge in [-0.05, 0) is 61.3 Å². The van der Waals surface area contributed by atoms with Crippen LogP contribution < -0.4 is 5.32 Å². The molecule has 5 heteroatoms. The van der Waals surface area contributed by atoms with Crippen LogP contribution >= 0.6 is 11.6 Å². The molecule has 1 saturated carbocycles. The van der Waals surface area contributed by atoms with Crippen LogP contribution in [0.25, 0.3) is 0 Å². The Morgan fingerprint density at radius 3 is 2.44 bits per heavy atom. The highest BCUT2D eigenvalue weighted by atomic mass is 35.5. The van der Waals surface area contributed by atoms with Gasteiger partial charge in [0.25, 0.3) is 5.91 Å². The Labute approximate surface area is 154 Å². The first kappa shape index (κ1) is 18.2. The van der Waals surface area contributed by atoms with Crippen molar-refractivity contribution in [1.82, 2.24) is 4.90 Å². The summed E-state index contributed by atoms with van der Waals surface area (Å²) in [5, 5.41) is 2.15. The molecule has 25 heavy (non-hydrogen) atoms. The lowest BCUT2D eigenvalue weighted by Gasteiger charge is -2.39. The van der Waals surface area contributed by atoms with Crippen LogP contribution in [0.1, 0.15) is 57.3 Å². The summed E-state index contributed by atoms with van der Waals surface area (Å²) in [5.74, 6) is -0.153. The smallest absolute Gasteiger partial charge is 0.254 e. The maximum atomic E-state index is 13.0. The Morgan fingerprint density at radius 2 is 1.84 bits per heavy atom. The number of carbonyl (C=O) groups is 2. The van der Waals surface area contributed by atoms with E-state index in [1.54, 1.807) is 31.2 Å². The lowest BCUT2D eigenvalue weighted by atomic mass is 9.65. The molecule has 0 radical (unpaired) electrons. The van der Waals surface area contributed by atoms with E-state index in [9.17, 15) is 9.59 Å². The van der Waals surface area contributed by atoms with Gasteiger partial charge in [0, 0.05) is 23.8 Å². The number of carbonyl (C=O) groups excluding carboxylic acids is 2. The van der Waals surface area contributed by atoms with Gasteiger partial charge in [-0.2, -0.15) is 0 Å². The Hall–Kier alpha value is -1.55. The molecule has 1 aliphatic heterocycles. The monoisotopic (exact) mass is 362 g/mol. The van der Waals surface area contributed by atoms with Crippen LogP contribution in [0.5, 0.6) is 0 Å².